The van der Waals surface area contributed by atoms with Gasteiger partial charge in [0, 0.05) is 81.7 Å². The molecule has 3 aromatic rings. The highest BCUT2D eigenvalue weighted by atomic mass is 19.1. The number of benzene rings is 1. The van der Waals surface area contributed by atoms with E-state index >= 15 is 0 Å². The maximum absolute atomic E-state index is 14.9. The van der Waals surface area contributed by atoms with E-state index in [2.05, 4.69) is 20.3 Å². The Balaban J connectivity index is 1.26. The number of aliphatic hydroxyl groups excluding tert-OH is 3. The Labute approximate surface area is 442 Å². The number of nitrogens with two attached hydrogens (primary N) is 2. The number of nitrogen functional groups attached to an aromatic ring is 1. The molecule has 0 radical (unpaired) electrons. The molecule has 21 heteroatoms. The van der Waals surface area contributed by atoms with Gasteiger partial charge in [-0.05, 0) is 83.9 Å². The molecular weight excluding hydrogens is 972 g/mol. The van der Waals surface area contributed by atoms with Crippen molar-refractivity contribution in [2.45, 2.75) is 197 Å². The molecule has 1 unspecified atom stereocenters. The molecule has 9 N–H and O–H groups in total. The molecule has 1 aromatic carbocycles. The summed E-state index contributed by atoms with van der Waals surface area (Å²) >= 11 is 0. The molecule has 422 valence electrons. The van der Waals surface area contributed by atoms with Crippen LogP contribution in [0.3, 0.4) is 0 Å². The number of aromatic nitrogens is 5. The van der Waals surface area contributed by atoms with E-state index < -0.39 is 138 Å². The highest BCUT2D eigenvalue weighted by Gasteiger charge is 2.55. The van der Waals surface area contributed by atoms with Crippen LogP contribution < -0.4 is 11.5 Å². The van der Waals surface area contributed by atoms with E-state index in [1.807, 2.05) is 57.0 Å². The summed E-state index contributed by atoms with van der Waals surface area (Å²) in [5.41, 5.74) is 10.8. The molecule has 0 amide bonds. The summed E-state index contributed by atoms with van der Waals surface area (Å²) in [5.74, 6) is -4.16. The standard InChI is InChI=1S/C54H87FN8O12/c1-14-41-54(10,69)46(65)32(6)43(56)28(2)22-52(8,68)48(30(4)42(31(5)49(67)74-41)40-23-53(9,71-13)47(66)33(7)73-40)75-50-44(64)38(21-29(3)72-50)62(11)20-19-37-27-63(61-60-37)39(24-55)45(70-12)35-17-15-34(16-18-35)36-25-58-51(57)59-26-36/h15-18,25-33,38-48,50,64-66,68-69H,14,19-24,56H2,1-13H3,(H2,57,58,59)/t28-,29-,30+,31-,32+,33+,38+,39-,40-,41-,42?,43+,44-,45-,46-,47+,48-,50+,52-,53-,54-/m1/s1. The molecule has 5 heterocycles. The lowest BCUT2D eigenvalue weighted by molar-refractivity contribution is -0.303. The van der Waals surface area contributed by atoms with Crippen LogP contribution in [-0.2, 0) is 39.6 Å². The number of hydrogen-bond donors (Lipinski definition) is 7. The van der Waals surface area contributed by atoms with Crippen LogP contribution in [0.15, 0.2) is 42.9 Å². The number of alkyl halides is 1. The zero-order valence-corrected chi connectivity index (χ0v) is 46.2. The third-order valence-corrected chi connectivity index (χ3v) is 17.1. The molecule has 3 aliphatic rings. The Bertz CT molecular complexity index is 2280. The smallest absolute Gasteiger partial charge is 0.309 e. The quantitative estimate of drug-likeness (QED) is 0.106. The van der Waals surface area contributed by atoms with Crippen LogP contribution in [0.1, 0.15) is 118 Å². The summed E-state index contributed by atoms with van der Waals surface area (Å²) in [7, 11) is 4.91. The Hall–Kier alpha value is -3.84. The van der Waals surface area contributed by atoms with Gasteiger partial charge >= 0.3 is 5.97 Å². The Morgan fingerprint density at radius 3 is 2.20 bits per heavy atom. The first-order valence-corrected chi connectivity index (χ1v) is 26.6. The van der Waals surface area contributed by atoms with E-state index in [-0.39, 0.29) is 25.2 Å². The van der Waals surface area contributed by atoms with Gasteiger partial charge in [0.25, 0.3) is 0 Å². The minimum absolute atomic E-state index is 0.0466. The van der Waals surface area contributed by atoms with Gasteiger partial charge in [0.15, 0.2) is 6.29 Å². The first kappa shape index (κ1) is 60.4. The van der Waals surface area contributed by atoms with E-state index in [9.17, 15) is 34.7 Å². The van der Waals surface area contributed by atoms with Crippen LogP contribution in [0.4, 0.5) is 10.3 Å². The van der Waals surface area contributed by atoms with Gasteiger partial charge in [0.1, 0.15) is 42.7 Å². The summed E-state index contributed by atoms with van der Waals surface area (Å²) in [5, 5.41) is 68.9. The maximum Gasteiger partial charge on any atom is 0.309 e. The summed E-state index contributed by atoms with van der Waals surface area (Å²) in [6.45, 7) is 17.0. The predicted octanol–water partition coefficient (Wildman–Crippen LogP) is 3.96. The molecule has 0 saturated carbocycles. The highest BCUT2D eigenvalue weighted by molar-refractivity contribution is 5.73. The zero-order chi connectivity index (χ0) is 55.5. The number of esters is 1. The fourth-order valence-electron chi connectivity index (χ4n) is 12.3. The Morgan fingerprint density at radius 2 is 1.60 bits per heavy atom. The molecule has 3 saturated heterocycles. The third-order valence-electron chi connectivity index (χ3n) is 17.1. The number of nitrogens with zero attached hydrogens (tertiary/aromatic N) is 6. The van der Waals surface area contributed by atoms with Crippen LogP contribution in [0.5, 0.6) is 0 Å². The molecule has 6 rings (SSSR count). The number of hydrogen-bond acceptors (Lipinski definition) is 19. The van der Waals surface area contributed by atoms with Gasteiger partial charge in [-0.2, -0.15) is 0 Å². The van der Waals surface area contributed by atoms with E-state index in [0.29, 0.717) is 25.1 Å². The highest BCUT2D eigenvalue weighted by Crippen LogP contribution is 2.45. The monoisotopic (exact) mass is 1060 g/mol. The van der Waals surface area contributed by atoms with E-state index in [1.165, 1.54) is 25.8 Å². The number of halogens is 1. The van der Waals surface area contributed by atoms with Crippen LogP contribution >= 0.6 is 0 Å². The molecule has 21 atom stereocenters. The number of likely N-dealkylation sites (N-methyl/N-ethyl adjacent to an activating group) is 1. The van der Waals surface area contributed by atoms with Crippen LogP contribution in [0, 0.1) is 29.6 Å². The minimum Gasteiger partial charge on any atom is -0.459 e. The van der Waals surface area contributed by atoms with Gasteiger partial charge in [-0.15, -0.1) is 5.10 Å². The SMILES string of the molecule is CC[C@H]1OC(=O)[C@H](C)C([C@H]2C[C@@](C)(OC)[C@@H](O)[C@H](C)O2)[C@H](C)[C@@H](O[C@@H]2O[C@H](C)C[C@H](N(C)CCc3cn([C@H](CF)[C@H](OC)c4ccc(-c5cnc(N)nc5)cc4)nn3)[C@H]2O)[C@](C)(O)C[C@@H](C)[C@H](N)[C@H](C)[C@@H](O)[C@]1(C)O. The second kappa shape index (κ2) is 24.9. The largest absolute Gasteiger partial charge is 0.459 e. The maximum atomic E-state index is 14.9. The number of aliphatic hydroxyl groups is 5. The van der Waals surface area contributed by atoms with Gasteiger partial charge in [0.2, 0.25) is 5.95 Å². The topological polar surface area (TPSA) is 285 Å². The average molecular weight is 1060 g/mol. The fourth-order valence-corrected chi connectivity index (χ4v) is 12.3. The molecule has 0 aliphatic carbocycles. The molecule has 0 spiro atoms. The predicted molar refractivity (Wildman–Crippen MR) is 277 cm³/mol. The van der Waals surface area contributed by atoms with E-state index in [4.69, 9.17) is 39.9 Å². The minimum atomic E-state index is -1.89. The van der Waals surface area contributed by atoms with Crippen molar-refractivity contribution < 1.29 is 63.1 Å². The average Bonchev–Trinajstić information content (AvgIpc) is 3.85. The van der Waals surface area contributed by atoms with Crippen molar-refractivity contribution in [2.75, 3.05) is 40.2 Å². The number of anilines is 1. The normalized spacial score (nSPS) is 39.4. The molecule has 0 bridgehead atoms. The molecular formula is C54H87FN8O12. The number of methoxy groups -OCH3 is 2. The van der Waals surface area contributed by atoms with E-state index in [0.717, 1.165) is 16.7 Å². The molecule has 2 aromatic heterocycles. The zero-order valence-electron chi connectivity index (χ0n) is 46.2. The van der Waals surface area contributed by atoms with Crippen molar-refractivity contribution in [1.29, 1.82) is 0 Å². The second-order valence-corrected chi connectivity index (χ2v) is 22.7. The summed E-state index contributed by atoms with van der Waals surface area (Å²) < 4.78 is 54.3. The lowest BCUT2D eigenvalue weighted by atomic mass is 9.67. The van der Waals surface area contributed by atoms with Crippen molar-refractivity contribution >= 4 is 11.9 Å². The van der Waals surface area contributed by atoms with Crippen LogP contribution in [0.2, 0.25) is 0 Å². The van der Waals surface area contributed by atoms with Crippen LogP contribution in [-0.4, -0.2) is 180 Å². The molecule has 20 nitrogen and oxygen atoms in total. The lowest BCUT2D eigenvalue weighted by Gasteiger charge is -2.52. The first-order valence-electron chi connectivity index (χ1n) is 26.6. The number of carbonyl (C=O) groups is 1. The molecule has 75 heavy (non-hydrogen) atoms. The number of cyclic esters (lactones) is 1. The molecule has 3 fully saturated rings. The molecule has 3 aliphatic heterocycles. The van der Waals surface area contributed by atoms with Gasteiger partial charge in [-0.25, -0.2) is 19.0 Å². The van der Waals surface area contributed by atoms with Gasteiger partial charge in [0.05, 0.1) is 53.3 Å². The van der Waals surface area contributed by atoms with Crippen molar-refractivity contribution in [3.63, 3.8) is 0 Å². The summed E-state index contributed by atoms with van der Waals surface area (Å²) in [6, 6.07) is 5.41. The Kier molecular flexibility index (Phi) is 20.0. The van der Waals surface area contributed by atoms with Crippen molar-refractivity contribution in [3.8, 4) is 11.1 Å². The number of ether oxygens (including phenoxy) is 6. The van der Waals surface area contributed by atoms with Crippen molar-refractivity contribution in [1.82, 2.24) is 29.9 Å². The number of rotatable bonds is 15. The fraction of sp³-hybridized carbons (Fsp3) is 0.759. The van der Waals surface area contributed by atoms with Crippen LogP contribution in [0.25, 0.3) is 11.1 Å². The second-order valence-electron chi connectivity index (χ2n) is 22.7. The summed E-state index contributed by atoms with van der Waals surface area (Å²) in [4.78, 5) is 24.7. The summed E-state index contributed by atoms with van der Waals surface area (Å²) in [6.07, 6.45) is -3.61. The van der Waals surface area contributed by atoms with Gasteiger partial charge in [-0.1, -0.05) is 64.1 Å². The van der Waals surface area contributed by atoms with Gasteiger partial charge in [-0.3, -0.25) is 4.79 Å². The number of carbonyl (C=O) groups excluding carboxylic acids is 1. The van der Waals surface area contributed by atoms with Crippen molar-refractivity contribution in [3.05, 3.63) is 54.1 Å². The third kappa shape index (κ3) is 13.2. The first-order chi connectivity index (χ1) is 35.2. The van der Waals surface area contributed by atoms with Crippen molar-refractivity contribution in [2.24, 2.45) is 35.3 Å². The van der Waals surface area contributed by atoms with E-state index in [1.54, 1.807) is 60.1 Å². The lowest BCUT2D eigenvalue weighted by Crippen LogP contribution is -2.63. The van der Waals surface area contributed by atoms with Gasteiger partial charge < -0.3 is 70.3 Å². The Morgan fingerprint density at radius 1 is 0.947 bits per heavy atom.